The predicted molar refractivity (Wildman–Crippen MR) is 295 cm³/mol. The lowest BCUT2D eigenvalue weighted by Crippen LogP contribution is -2.61. The van der Waals surface area contributed by atoms with Gasteiger partial charge in [-0.3, -0.25) is 19.2 Å². The first kappa shape index (κ1) is 68.1. The molecule has 0 radical (unpaired) electrons. The van der Waals surface area contributed by atoms with Crippen molar-refractivity contribution in [2.45, 2.75) is 143 Å². The number of carboxylic acid groups (broad SMARTS) is 2. The minimum Gasteiger partial charge on any atom is -0.478 e. The van der Waals surface area contributed by atoms with Crippen molar-refractivity contribution in [2.75, 3.05) is 98.8 Å². The van der Waals surface area contributed by atoms with Gasteiger partial charge in [0, 0.05) is 33.1 Å². The van der Waals surface area contributed by atoms with Crippen molar-refractivity contribution >= 4 is 53.7 Å². The number of ether oxygens (including phenoxy) is 8. The summed E-state index contributed by atoms with van der Waals surface area (Å²) in [4.78, 5) is 87.9. The molecule has 0 aromatic heterocycles. The van der Waals surface area contributed by atoms with Crippen molar-refractivity contribution in [1.29, 1.82) is 0 Å². The highest BCUT2D eigenvalue weighted by atomic mass is 16.6. The SMILES string of the molecule is C#CCOCCOCCOCCOCCC(=O)N(CCCCNC(=O)C1(O[C@@H]([C@@H]2OC(C(=O)O)=C[C@H](N=C(N)N)[C@H]2NC(C)=O)[C@H](O)CO)CC1)CCCCNC(=O)C1(O[C@@H]([C@@H]2OC(C(=O)O)=C[C@H](N=C(N)N)[C@H]2[N+]2=CCC2)[C@H](O)CO)CC1. The Morgan fingerprint density at radius 1 is 0.726 bits per heavy atom. The molecule has 17 N–H and O–H groups in total. The fourth-order valence-corrected chi connectivity index (χ4v) is 9.64. The third-order valence-corrected chi connectivity index (χ3v) is 14.2. The molecule has 0 unspecified atom stereocenters. The van der Waals surface area contributed by atoms with E-state index in [2.05, 4.69) is 31.9 Å². The number of carboxylic acids is 2. The van der Waals surface area contributed by atoms with E-state index >= 15 is 0 Å². The van der Waals surface area contributed by atoms with Gasteiger partial charge in [-0.15, -0.1) is 6.42 Å². The number of nitrogens with two attached hydrogens (primary N) is 4. The molecular formula is C53H84N11O20+. The molecule has 3 aliphatic heterocycles. The van der Waals surface area contributed by atoms with Crippen molar-refractivity contribution < 1.29 is 102 Å². The number of amides is 4. The van der Waals surface area contributed by atoms with Gasteiger partial charge in [-0.05, 0) is 63.5 Å². The summed E-state index contributed by atoms with van der Waals surface area (Å²) in [6, 6.07) is -4.14. The standard InChI is InChI=1S/C53H83N11O20/c1-3-20-77-22-24-79-26-27-80-25-23-78-21-9-39(70)63(16-6-4-14-58-48(75)52(10-11-52)83-42(35(68)30-65)44-40(60-32(2)67)33(61-50(54)55)28-37(81-44)46(71)72)17-7-5-15-59-49(76)53(12-13-53)84-43(36(69)31-66)45-41(64-18-8-19-64)34(62-51(56)57)29-38(82-45)47(73)74/h1,18,28-29,33-36,40-45,65-66,68-69H,4-17,19-27,30-31H2,2H3,(H12-,54,55,56,57,58,59,60,61,62,67,71,72,73,74,75,76)/p+1/t33-,34-,35+,36+,40+,41+,42+,43+,44+,45+/m0/s1. The number of carbonyl (C=O) groups excluding carboxylic acids is 4. The van der Waals surface area contributed by atoms with Crippen molar-refractivity contribution in [3.05, 3.63) is 23.7 Å². The van der Waals surface area contributed by atoms with Gasteiger partial charge in [-0.1, -0.05) is 5.92 Å². The number of aliphatic carboxylic acids is 2. The molecule has 2 aliphatic carbocycles. The van der Waals surface area contributed by atoms with Gasteiger partial charge in [0.25, 0.3) is 11.8 Å². The highest BCUT2D eigenvalue weighted by molar-refractivity contribution is 5.89. The molecule has 5 rings (SSSR count). The van der Waals surface area contributed by atoms with Crippen LogP contribution in [0.1, 0.15) is 71.1 Å². The van der Waals surface area contributed by atoms with Crippen LogP contribution in [-0.2, 0) is 66.7 Å². The second kappa shape index (κ2) is 33.7. The smallest absolute Gasteiger partial charge is 0.370 e. The summed E-state index contributed by atoms with van der Waals surface area (Å²) in [5.74, 6) is -4.33. The number of terminal acetylenes is 1. The zero-order valence-corrected chi connectivity index (χ0v) is 47.3. The first-order chi connectivity index (χ1) is 40.2. The van der Waals surface area contributed by atoms with Gasteiger partial charge in [0.2, 0.25) is 29.4 Å². The van der Waals surface area contributed by atoms with Crippen LogP contribution < -0.4 is 38.9 Å². The quantitative estimate of drug-likeness (QED) is 0.00893. The summed E-state index contributed by atoms with van der Waals surface area (Å²) in [6.45, 7) is 3.05. The Bertz CT molecular complexity index is 2420. The molecule has 0 saturated heterocycles. The van der Waals surface area contributed by atoms with Gasteiger partial charge in [-0.2, -0.15) is 0 Å². The lowest BCUT2D eigenvalue weighted by atomic mass is 9.90. The molecule has 3 heterocycles. The normalized spacial score (nSPS) is 23.0. The summed E-state index contributed by atoms with van der Waals surface area (Å²) in [7, 11) is 0. The number of nitrogens with one attached hydrogen (secondary N) is 3. The van der Waals surface area contributed by atoms with Crippen LogP contribution >= 0.6 is 0 Å². The van der Waals surface area contributed by atoms with Crippen molar-refractivity contribution in [3.63, 3.8) is 0 Å². The number of aliphatic imine (C=N–C) groups is 2. The molecule has 2 saturated carbocycles. The molecule has 0 spiro atoms. The van der Waals surface area contributed by atoms with Crippen LogP contribution in [0.25, 0.3) is 0 Å². The second-order valence-corrected chi connectivity index (χ2v) is 20.7. The van der Waals surface area contributed by atoms with Gasteiger partial charge < -0.3 is 112 Å². The number of guanidine groups is 2. The van der Waals surface area contributed by atoms with Crippen molar-refractivity contribution in [1.82, 2.24) is 20.9 Å². The number of carbonyl (C=O) groups is 6. The highest BCUT2D eigenvalue weighted by Crippen LogP contribution is 2.44. The molecule has 2 fully saturated rings. The van der Waals surface area contributed by atoms with E-state index in [-0.39, 0.29) is 96.6 Å². The Morgan fingerprint density at radius 2 is 1.18 bits per heavy atom. The maximum absolute atomic E-state index is 13.8. The van der Waals surface area contributed by atoms with Gasteiger partial charge in [0.1, 0.15) is 54.5 Å². The minimum atomic E-state index is -1.73. The topological polar surface area (TPSA) is 469 Å². The second-order valence-electron chi connectivity index (χ2n) is 20.7. The van der Waals surface area contributed by atoms with Crippen LogP contribution in [0.15, 0.2) is 33.7 Å². The predicted octanol–water partition coefficient (Wildman–Crippen LogP) is -5.38. The van der Waals surface area contributed by atoms with Crippen molar-refractivity contribution in [3.8, 4) is 12.3 Å². The first-order valence-electron chi connectivity index (χ1n) is 28.0. The fraction of sp³-hybridized carbons (Fsp3) is 0.717. The van der Waals surface area contributed by atoms with Crippen LogP contribution in [0.5, 0.6) is 0 Å². The molecule has 4 amide bonds. The monoisotopic (exact) mass is 1190 g/mol. The van der Waals surface area contributed by atoms with E-state index in [4.69, 9.17) is 67.3 Å². The molecule has 470 valence electrons. The van der Waals surface area contributed by atoms with E-state index in [9.17, 15) is 59.4 Å². The van der Waals surface area contributed by atoms with Crippen LogP contribution in [0.4, 0.5) is 0 Å². The molecule has 5 aliphatic rings. The largest absolute Gasteiger partial charge is 0.478 e. The van der Waals surface area contributed by atoms with E-state index in [1.165, 1.54) is 13.0 Å². The van der Waals surface area contributed by atoms with Crippen LogP contribution in [-0.4, -0.2) is 265 Å². The van der Waals surface area contributed by atoms with Gasteiger partial charge in [0.15, 0.2) is 30.7 Å². The average molecular weight is 1200 g/mol. The third-order valence-electron chi connectivity index (χ3n) is 14.2. The van der Waals surface area contributed by atoms with Gasteiger partial charge in [0.05, 0.1) is 84.4 Å². The molecule has 10 atom stereocenters. The van der Waals surface area contributed by atoms with Crippen LogP contribution in [0.2, 0.25) is 0 Å². The summed E-state index contributed by atoms with van der Waals surface area (Å²) in [5.41, 5.74) is 19.7. The fourth-order valence-electron chi connectivity index (χ4n) is 9.64. The number of hydrogen-bond acceptors (Lipinski definition) is 20. The average Bonchev–Trinajstić information content (AvgIpc) is 3.18. The Balaban J connectivity index is 1.16. The Morgan fingerprint density at radius 3 is 1.61 bits per heavy atom. The lowest BCUT2D eigenvalue weighted by molar-refractivity contribution is -0.597. The van der Waals surface area contributed by atoms with E-state index in [0.29, 0.717) is 65.1 Å². The maximum atomic E-state index is 13.8. The van der Waals surface area contributed by atoms with Crippen LogP contribution in [0.3, 0.4) is 0 Å². The van der Waals surface area contributed by atoms with Gasteiger partial charge in [-0.25, -0.2) is 24.1 Å². The minimum absolute atomic E-state index is 0.0391. The summed E-state index contributed by atoms with van der Waals surface area (Å²) >= 11 is 0. The molecule has 0 aromatic rings. The molecule has 31 nitrogen and oxygen atoms in total. The Kier molecular flexibility index (Phi) is 27.3. The zero-order chi connectivity index (χ0) is 61.4. The maximum Gasteiger partial charge on any atom is 0.370 e. The number of unbranched alkanes of at least 4 members (excludes halogenated alkanes) is 2. The Labute approximate surface area is 486 Å². The van der Waals surface area contributed by atoms with E-state index < -0.39 is 132 Å². The molecular weight excluding hydrogens is 1110 g/mol. The van der Waals surface area contributed by atoms with Crippen LogP contribution in [0, 0.1) is 12.3 Å². The molecule has 0 aromatic carbocycles. The van der Waals surface area contributed by atoms with E-state index in [1.54, 1.807) is 4.90 Å². The summed E-state index contributed by atoms with van der Waals surface area (Å²) < 4.78 is 47.8. The van der Waals surface area contributed by atoms with Gasteiger partial charge >= 0.3 is 11.9 Å². The molecule has 31 heteroatoms. The number of aliphatic hydroxyl groups is 4. The molecule has 84 heavy (non-hydrogen) atoms. The summed E-state index contributed by atoms with van der Waals surface area (Å²) in [5, 5.41) is 70.5. The lowest BCUT2D eigenvalue weighted by Gasteiger charge is -2.41. The van der Waals surface area contributed by atoms with Crippen molar-refractivity contribution in [2.24, 2.45) is 32.9 Å². The zero-order valence-electron chi connectivity index (χ0n) is 47.3. The number of aliphatic hydroxyl groups excluding tert-OH is 4. The number of hydrogen-bond donors (Lipinski definition) is 13. The highest BCUT2D eigenvalue weighted by Gasteiger charge is 2.59. The number of rotatable bonds is 41. The van der Waals surface area contributed by atoms with E-state index in [0.717, 1.165) is 6.08 Å². The third kappa shape index (κ3) is 20.5. The Hall–Kier alpha value is -6.73. The molecule has 0 bridgehead atoms. The summed E-state index contributed by atoms with van der Waals surface area (Å²) in [6.07, 6.45) is 3.52. The number of nitrogens with zero attached hydrogens (tertiary/aromatic N) is 4. The first-order valence-corrected chi connectivity index (χ1v) is 28.0. The van der Waals surface area contributed by atoms with E-state index in [1.807, 2.05) is 10.8 Å².